The van der Waals surface area contributed by atoms with Gasteiger partial charge in [-0.2, -0.15) is 0 Å². The van der Waals surface area contributed by atoms with Crippen molar-refractivity contribution in [2.75, 3.05) is 20.8 Å². The van der Waals surface area contributed by atoms with Gasteiger partial charge in [-0.25, -0.2) is 13.6 Å². The van der Waals surface area contributed by atoms with Crippen molar-refractivity contribution in [2.24, 2.45) is 0 Å². The Bertz CT molecular complexity index is 1230. The van der Waals surface area contributed by atoms with E-state index in [-0.39, 0.29) is 0 Å². The van der Waals surface area contributed by atoms with Gasteiger partial charge in [0.05, 0.1) is 26.4 Å². The fourth-order valence-electron chi connectivity index (χ4n) is 4.38. The zero-order chi connectivity index (χ0) is 27.8. The van der Waals surface area contributed by atoms with E-state index >= 15 is 0 Å². The van der Waals surface area contributed by atoms with Crippen molar-refractivity contribution in [3.63, 3.8) is 0 Å². The molecule has 0 radical (unpaired) electrons. The molecule has 3 aromatic rings. The summed E-state index contributed by atoms with van der Waals surface area (Å²) in [5.41, 5.74) is 2.18. The lowest BCUT2D eigenvalue weighted by atomic mass is 9.87. The van der Waals surface area contributed by atoms with E-state index in [0.29, 0.717) is 42.3 Å². The van der Waals surface area contributed by atoms with Gasteiger partial charge < -0.3 is 24.6 Å². The van der Waals surface area contributed by atoms with E-state index in [9.17, 15) is 23.5 Å². The number of aliphatic carboxylic acids is 1. The summed E-state index contributed by atoms with van der Waals surface area (Å²) < 4.78 is 44.9. The molecule has 1 unspecified atom stereocenters. The lowest BCUT2D eigenvalue weighted by Gasteiger charge is -2.25. The predicted molar refractivity (Wildman–Crippen MR) is 139 cm³/mol. The Hall–Kier alpha value is -3.98. The number of halogens is 2. The Morgan fingerprint density at radius 3 is 2.00 bits per heavy atom. The summed E-state index contributed by atoms with van der Waals surface area (Å²) in [5.74, 6) is -4.09. The number of hydrogen-bond acceptors (Lipinski definition) is 5. The zero-order valence-electron chi connectivity index (χ0n) is 21.7. The third kappa shape index (κ3) is 6.28. The van der Waals surface area contributed by atoms with Crippen LogP contribution in [0, 0.1) is 11.6 Å². The zero-order valence-corrected chi connectivity index (χ0v) is 21.7. The Balaban J connectivity index is 1.93. The van der Waals surface area contributed by atoms with Gasteiger partial charge in [-0.05, 0) is 54.3 Å². The second-order valence-electron chi connectivity index (χ2n) is 8.54. The average Bonchev–Trinajstić information content (AvgIpc) is 2.91. The van der Waals surface area contributed by atoms with Crippen LogP contribution in [0.25, 0.3) is 11.1 Å². The molecule has 0 saturated carbocycles. The molecule has 7 nitrogen and oxygen atoms in total. The van der Waals surface area contributed by atoms with Crippen molar-refractivity contribution in [2.45, 2.75) is 38.8 Å². The molecule has 3 rings (SSSR count). The minimum atomic E-state index is -1.42. The van der Waals surface area contributed by atoms with Crippen molar-refractivity contribution in [3.05, 3.63) is 82.9 Å². The smallest absolute Gasteiger partial charge is 0.326 e. The van der Waals surface area contributed by atoms with Gasteiger partial charge in [0.15, 0.2) is 0 Å². The number of nitrogens with one attached hydrogen (secondary N) is 1. The van der Waals surface area contributed by atoms with E-state index in [1.807, 2.05) is 19.1 Å². The lowest BCUT2D eigenvalue weighted by Crippen LogP contribution is -2.45. The number of rotatable bonds is 12. The van der Waals surface area contributed by atoms with Gasteiger partial charge in [0.1, 0.15) is 34.7 Å². The summed E-state index contributed by atoms with van der Waals surface area (Å²) in [4.78, 5) is 24.8. The molecule has 38 heavy (non-hydrogen) atoms. The van der Waals surface area contributed by atoms with Crippen LogP contribution in [0.5, 0.6) is 11.5 Å². The SMILES string of the molecule is CCOCc1cc(OC)c(-c2ccc(C(CC)[C@H](NC(=O)c3c(F)cccc3F)C(=O)O)cc2)c(OC)c1. The molecule has 0 aliphatic heterocycles. The minimum absolute atomic E-state index is 0.342. The number of ether oxygens (including phenoxy) is 3. The number of hydrogen-bond donors (Lipinski definition) is 2. The van der Waals surface area contributed by atoms with Crippen LogP contribution in [0.4, 0.5) is 8.78 Å². The highest BCUT2D eigenvalue weighted by Gasteiger charge is 2.32. The molecular weight excluding hydrogens is 496 g/mol. The van der Waals surface area contributed by atoms with Crippen molar-refractivity contribution < 1.29 is 37.7 Å². The van der Waals surface area contributed by atoms with E-state index in [2.05, 4.69) is 5.32 Å². The number of carboxylic acids is 1. The second-order valence-corrected chi connectivity index (χ2v) is 8.54. The van der Waals surface area contributed by atoms with Gasteiger partial charge in [0.2, 0.25) is 0 Å². The summed E-state index contributed by atoms with van der Waals surface area (Å²) in [6, 6.07) is 12.4. The van der Waals surface area contributed by atoms with Gasteiger partial charge in [-0.1, -0.05) is 37.3 Å². The first kappa shape index (κ1) is 28.6. The van der Waals surface area contributed by atoms with Crippen LogP contribution < -0.4 is 14.8 Å². The van der Waals surface area contributed by atoms with E-state index in [0.717, 1.165) is 29.3 Å². The van der Waals surface area contributed by atoms with Gasteiger partial charge in [0.25, 0.3) is 5.91 Å². The number of carbonyl (C=O) groups excluding carboxylic acids is 1. The van der Waals surface area contributed by atoms with Gasteiger partial charge in [-0.15, -0.1) is 0 Å². The van der Waals surface area contributed by atoms with Crippen molar-refractivity contribution in [3.8, 4) is 22.6 Å². The first-order valence-electron chi connectivity index (χ1n) is 12.2. The number of methoxy groups -OCH3 is 2. The van der Waals surface area contributed by atoms with Crippen LogP contribution >= 0.6 is 0 Å². The van der Waals surface area contributed by atoms with E-state index in [1.165, 1.54) is 0 Å². The fourth-order valence-corrected chi connectivity index (χ4v) is 4.38. The van der Waals surface area contributed by atoms with Crippen molar-refractivity contribution >= 4 is 11.9 Å². The third-order valence-electron chi connectivity index (χ3n) is 6.25. The Labute approximate surface area is 220 Å². The van der Waals surface area contributed by atoms with Crippen molar-refractivity contribution in [1.82, 2.24) is 5.32 Å². The maximum atomic E-state index is 14.1. The summed E-state index contributed by atoms with van der Waals surface area (Å²) in [7, 11) is 3.12. The quantitative estimate of drug-likeness (QED) is 0.320. The van der Waals surface area contributed by atoms with Gasteiger partial charge >= 0.3 is 5.97 Å². The number of benzene rings is 3. The molecule has 2 N–H and O–H groups in total. The second kappa shape index (κ2) is 13.0. The summed E-state index contributed by atoms with van der Waals surface area (Å²) in [6.07, 6.45) is 0.342. The molecule has 0 spiro atoms. The van der Waals surface area contributed by atoms with Crippen LogP contribution in [0.2, 0.25) is 0 Å². The Morgan fingerprint density at radius 2 is 1.53 bits per heavy atom. The van der Waals surface area contributed by atoms with E-state index < -0.39 is 41.0 Å². The topological polar surface area (TPSA) is 94.1 Å². The molecule has 9 heteroatoms. The van der Waals surface area contributed by atoms with Crippen LogP contribution in [0.3, 0.4) is 0 Å². The summed E-state index contributed by atoms with van der Waals surface area (Å²) in [6.45, 7) is 4.65. The molecule has 0 aliphatic rings. The molecule has 0 heterocycles. The average molecular weight is 528 g/mol. The first-order chi connectivity index (χ1) is 18.2. The fraction of sp³-hybridized carbons (Fsp3) is 0.310. The molecular formula is C29H31F2NO6. The Morgan fingerprint density at radius 1 is 0.947 bits per heavy atom. The molecule has 0 aliphatic carbocycles. The monoisotopic (exact) mass is 527 g/mol. The van der Waals surface area contributed by atoms with Crippen LogP contribution in [-0.4, -0.2) is 43.9 Å². The summed E-state index contributed by atoms with van der Waals surface area (Å²) in [5, 5.41) is 12.2. The lowest BCUT2D eigenvalue weighted by molar-refractivity contribution is -0.139. The van der Waals surface area contributed by atoms with Crippen LogP contribution in [0.15, 0.2) is 54.6 Å². The molecule has 0 saturated heterocycles. The largest absolute Gasteiger partial charge is 0.496 e. The highest BCUT2D eigenvalue weighted by atomic mass is 19.1. The maximum absolute atomic E-state index is 14.1. The molecule has 2 atom stereocenters. The molecule has 0 fully saturated rings. The number of carbonyl (C=O) groups is 2. The Kier molecular flexibility index (Phi) is 9.78. The molecule has 3 aromatic carbocycles. The summed E-state index contributed by atoms with van der Waals surface area (Å²) >= 11 is 0. The van der Waals surface area contributed by atoms with E-state index in [4.69, 9.17) is 14.2 Å². The van der Waals surface area contributed by atoms with E-state index in [1.54, 1.807) is 45.4 Å². The maximum Gasteiger partial charge on any atom is 0.326 e. The highest BCUT2D eigenvalue weighted by Crippen LogP contribution is 2.40. The third-order valence-corrected chi connectivity index (χ3v) is 6.25. The predicted octanol–water partition coefficient (Wildman–Crippen LogP) is 5.56. The van der Waals surface area contributed by atoms with Crippen LogP contribution in [-0.2, 0) is 16.1 Å². The normalized spacial score (nSPS) is 12.5. The van der Waals surface area contributed by atoms with Crippen molar-refractivity contribution in [1.29, 1.82) is 0 Å². The molecule has 0 bridgehead atoms. The number of carboxylic acid groups (broad SMARTS) is 1. The van der Waals surface area contributed by atoms with Gasteiger partial charge in [-0.3, -0.25) is 4.79 Å². The minimum Gasteiger partial charge on any atom is -0.496 e. The molecule has 0 aromatic heterocycles. The molecule has 202 valence electrons. The van der Waals surface area contributed by atoms with Crippen LogP contribution in [0.1, 0.15) is 47.7 Å². The number of amides is 1. The van der Waals surface area contributed by atoms with Gasteiger partial charge in [0, 0.05) is 12.5 Å². The first-order valence-corrected chi connectivity index (χ1v) is 12.2. The highest BCUT2D eigenvalue weighted by molar-refractivity contribution is 5.97. The standard InChI is InChI=1S/C29H31F2NO6/c1-5-20(27(29(34)35)32-28(33)26-21(30)8-7-9-22(26)31)18-10-12-19(13-11-18)25-23(36-3)14-17(16-38-6-2)15-24(25)37-4/h7-15,20,27H,5-6,16H2,1-4H3,(H,32,33)(H,34,35)/t20?,27-/m0/s1. The molecule has 1 amide bonds.